The maximum atomic E-state index is 12.8. The Morgan fingerprint density at radius 1 is 0.288 bits per heavy atom. The minimum absolute atomic E-state index is 0.151. The van der Waals surface area contributed by atoms with Gasteiger partial charge in [-0.2, -0.15) is 0 Å². The monoisotopic (exact) mass is 1000 g/mol. The van der Waals surface area contributed by atoms with Crippen LogP contribution in [0.1, 0.15) is 201 Å². The molecule has 0 aromatic rings. The number of carbonyl (C=O) groups is 3. The third-order valence-corrected chi connectivity index (χ3v) is 10.9. The Morgan fingerprint density at radius 3 is 0.932 bits per heavy atom. The van der Waals surface area contributed by atoms with Crippen molar-refractivity contribution in [3.8, 4) is 0 Å². The molecule has 0 saturated carbocycles. The summed E-state index contributed by atoms with van der Waals surface area (Å²) in [5.41, 5.74) is 0. The van der Waals surface area contributed by atoms with Crippen molar-refractivity contribution in [2.24, 2.45) is 0 Å². The maximum Gasteiger partial charge on any atom is 0.306 e. The van der Waals surface area contributed by atoms with Gasteiger partial charge in [0.2, 0.25) is 0 Å². The van der Waals surface area contributed by atoms with Crippen molar-refractivity contribution in [1.29, 1.82) is 0 Å². The summed E-state index contributed by atoms with van der Waals surface area (Å²) in [6.45, 7) is 6.21. The zero-order valence-corrected chi connectivity index (χ0v) is 46.1. The number of ether oxygens (including phenoxy) is 3. The summed E-state index contributed by atoms with van der Waals surface area (Å²) in [4.78, 5) is 38.1. The number of unbranched alkanes of at least 4 members (excludes halogenated alkanes) is 7. The first-order chi connectivity index (χ1) is 36.0. The van der Waals surface area contributed by atoms with Gasteiger partial charge < -0.3 is 14.2 Å². The van der Waals surface area contributed by atoms with E-state index < -0.39 is 12.1 Å². The van der Waals surface area contributed by atoms with Gasteiger partial charge >= 0.3 is 17.9 Å². The van der Waals surface area contributed by atoms with Gasteiger partial charge in [-0.1, -0.05) is 222 Å². The van der Waals surface area contributed by atoms with Gasteiger partial charge in [0.1, 0.15) is 13.2 Å². The first kappa shape index (κ1) is 67.5. The minimum atomic E-state index is -0.863. The second-order valence-electron chi connectivity index (χ2n) is 17.7. The zero-order chi connectivity index (χ0) is 52.9. The molecule has 0 radical (unpaired) electrons. The Balaban J connectivity index is 4.69. The van der Waals surface area contributed by atoms with E-state index in [1.54, 1.807) is 0 Å². The van der Waals surface area contributed by atoms with E-state index in [0.29, 0.717) is 12.8 Å². The Hall–Kier alpha value is -5.49. The zero-order valence-electron chi connectivity index (χ0n) is 46.1. The summed E-state index contributed by atoms with van der Waals surface area (Å²) in [5, 5.41) is 0. The average Bonchev–Trinajstić information content (AvgIpc) is 3.39. The van der Waals surface area contributed by atoms with Crippen LogP contribution in [0.15, 0.2) is 182 Å². The second-order valence-corrected chi connectivity index (χ2v) is 17.7. The lowest BCUT2D eigenvalue weighted by atomic mass is 10.1. The van der Waals surface area contributed by atoms with Gasteiger partial charge in [-0.15, -0.1) is 0 Å². The largest absolute Gasteiger partial charge is 0.462 e. The highest BCUT2D eigenvalue weighted by atomic mass is 16.6. The molecule has 0 bridgehead atoms. The van der Waals surface area contributed by atoms with Crippen molar-refractivity contribution in [3.63, 3.8) is 0 Å². The smallest absolute Gasteiger partial charge is 0.306 e. The van der Waals surface area contributed by atoms with Crippen LogP contribution in [-0.2, 0) is 28.6 Å². The van der Waals surface area contributed by atoms with Crippen LogP contribution in [0.25, 0.3) is 0 Å². The van der Waals surface area contributed by atoms with Gasteiger partial charge in [0.25, 0.3) is 0 Å². The SMILES string of the molecule is CCC=CCC=CCC=CCC=CCC=CCC=CCCC(=O)OC[C@@H](COC(=O)CCCCCC=CCC=CCC=CCC=CCC=CCC)OC(=O)CCCC=CCC=CCC=CCC=CCCCCC. The van der Waals surface area contributed by atoms with E-state index in [4.69, 9.17) is 14.2 Å². The molecule has 6 nitrogen and oxygen atoms in total. The van der Waals surface area contributed by atoms with Gasteiger partial charge in [0, 0.05) is 19.3 Å². The molecule has 0 saturated heterocycles. The van der Waals surface area contributed by atoms with E-state index in [0.717, 1.165) is 122 Å². The van der Waals surface area contributed by atoms with Crippen LogP contribution < -0.4 is 0 Å². The number of esters is 3. The number of hydrogen-bond acceptors (Lipinski definition) is 6. The van der Waals surface area contributed by atoms with Crippen molar-refractivity contribution in [3.05, 3.63) is 182 Å². The van der Waals surface area contributed by atoms with E-state index >= 15 is 0 Å². The number of rotatable bonds is 48. The molecule has 0 spiro atoms. The van der Waals surface area contributed by atoms with E-state index in [1.165, 1.54) is 25.7 Å². The minimum Gasteiger partial charge on any atom is -0.462 e. The molecule has 0 aliphatic carbocycles. The first-order valence-corrected chi connectivity index (χ1v) is 28.3. The van der Waals surface area contributed by atoms with Crippen molar-refractivity contribution in [2.75, 3.05) is 13.2 Å². The lowest BCUT2D eigenvalue weighted by Gasteiger charge is -2.18. The van der Waals surface area contributed by atoms with Gasteiger partial charge in [-0.25, -0.2) is 0 Å². The highest BCUT2D eigenvalue weighted by Crippen LogP contribution is 2.10. The average molecular weight is 1000 g/mol. The van der Waals surface area contributed by atoms with E-state index in [1.807, 2.05) is 12.2 Å². The van der Waals surface area contributed by atoms with E-state index in [-0.39, 0.29) is 44.4 Å². The summed E-state index contributed by atoms with van der Waals surface area (Å²) in [7, 11) is 0. The topological polar surface area (TPSA) is 78.9 Å². The predicted molar refractivity (Wildman–Crippen MR) is 315 cm³/mol. The maximum absolute atomic E-state index is 12.8. The molecule has 73 heavy (non-hydrogen) atoms. The van der Waals surface area contributed by atoms with E-state index in [2.05, 4.69) is 191 Å². The number of allylic oxidation sites excluding steroid dienone is 30. The van der Waals surface area contributed by atoms with Crippen molar-refractivity contribution < 1.29 is 28.6 Å². The summed E-state index contributed by atoms with van der Waals surface area (Å²) in [6, 6.07) is 0. The quantitative estimate of drug-likeness (QED) is 0.0262. The Kier molecular flexibility index (Phi) is 54.6. The Morgan fingerprint density at radius 2 is 0.575 bits per heavy atom. The molecule has 0 rings (SSSR count). The normalized spacial score (nSPS) is 13.5. The van der Waals surface area contributed by atoms with Gasteiger partial charge in [-0.3, -0.25) is 14.4 Å². The molecule has 404 valence electrons. The van der Waals surface area contributed by atoms with Crippen LogP contribution in [0.2, 0.25) is 0 Å². The highest BCUT2D eigenvalue weighted by molar-refractivity contribution is 5.71. The van der Waals surface area contributed by atoms with Gasteiger partial charge in [-0.05, 0) is 141 Å². The molecule has 0 fully saturated rings. The van der Waals surface area contributed by atoms with Crippen molar-refractivity contribution in [1.82, 2.24) is 0 Å². The molecular formula is C67H100O6. The highest BCUT2D eigenvalue weighted by Gasteiger charge is 2.19. The molecule has 0 aromatic carbocycles. The standard InChI is InChI=1S/C67H100O6/c1-4-7-10-13-16-19-22-25-28-31-33-36-38-41-44-47-50-53-56-59-65(68)71-62-64(73-67(70)61-58-55-52-49-46-43-40-35-30-27-24-21-18-15-12-9-6-3)63-72-66(69)60-57-54-51-48-45-42-39-37-34-32-29-26-23-20-17-14-11-8-5-2/h7-8,10-11,16-21,25-30,33-34,36-37,40-45,49-50,52-53,64H,4-6,9,12-15,22-24,31-32,35,38-39,46-48,51,54-63H2,1-3H3/t64-/m0/s1. The number of hydrogen-bond donors (Lipinski definition) is 0. The molecule has 0 unspecified atom stereocenters. The Bertz CT molecular complexity index is 1770. The first-order valence-electron chi connectivity index (χ1n) is 28.3. The fourth-order valence-corrected chi connectivity index (χ4v) is 6.72. The van der Waals surface area contributed by atoms with Crippen LogP contribution >= 0.6 is 0 Å². The van der Waals surface area contributed by atoms with Crippen LogP contribution in [-0.4, -0.2) is 37.2 Å². The molecule has 0 aliphatic rings. The van der Waals surface area contributed by atoms with Crippen molar-refractivity contribution in [2.45, 2.75) is 207 Å². The van der Waals surface area contributed by atoms with Crippen molar-refractivity contribution >= 4 is 17.9 Å². The predicted octanol–water partition coefficient (Wildman–Crippen LogP) is 19.3. The summed E-state index contributed by atoms with van der Waals surface area (Å²) >= 11 is 0. The third kappa shape index (κ3) is 57.3. The summed E-state index contributed by atoms with van der Waals surface area (Å²) in [5.74, 6) is -1.14. The Labute approximate surface area is 446 Å². The molecule has 0 aliphatic heterocycles. The van der Waals surface area contributed by atoms with Gasteiger partial charge in [0.15, 0.2) is 6.10 Å². The van der Waals surface area contributed by atoms with Crippen LogP contribution in [0, 0.1) is 0 Å². The molecular weight excluding hydrogens is 901 g/mol. The second kappa shape index (κ2) is 59.1. The van der Waals surface area contributed by atoms with E-state index in [9.17, 15) is 14.4 Å². The van der Waals surface area contributed by atoms with Crippen LogP contribution in [0.3, 0.4) is 0 Å². The molecule has 0 N–H and O–H groups in total. The molecule has 0 aromatic heterocycles. The molecule has 0 amide bonds. The summed E-state index contributed by atoms with van der Waals surface area (Å²) in [6.07, 6.45) is 88.9. The van der Waals surface area contributed by atoms with Crippen LogP contribution in [0.4, 0.5) is 0 Å². The fourth-order valence-electron chi connectivity index (χ4n) is 6.72. The number of carbonyl (C=O) groups excluding carboxylic acids is 3. The fraction of sp³-hybridized carbons (Fsp3) is 0.507. The van der Waals surface area contributed by atoms with Crippen LogP contribution in [0.5, 0.6) is 0 Å². The lowest BCUT2D eigenvalue weighted by Crippen LogP contribution is -2.30. The molecule has 6 heteroatoms. The molecule has 1 atom stereocenters. The lowest BCUT2D eigenvalue weighted by molar-refractivity contribution is -0.166. The molecule has 0 heterocycles. The third-order valence-electron chi connectivity index (χ3n) is 10.9. The van der Waals surface area contributed by atoms with Gasteiger partial charge in [0.05, 0.1) is 0 Å². The summed E-state index contributed by atoms with van der Waals surface area (Å²) < 4.78 is 16.7.